The highest BCUT2D eigenvalue weighted by atomic mass is 16.6. The standard InChI is InChI=1S/C16H11N5O2/c1-3-7-11(8-4-1)15-18-19-16(22-15)13-14(21-23-20-13)17-12-9-5-2-6-10-12/h1-10H,(H,17,21). The van der Waals surface area contributed by atoms with Crippen LogP contribution >= 0.6 is 0 Å². The van der Waals surface area contributed by atoms with Crippen LogP contribution in [-0.2, 0) is 0 Å². The first kappa shape index (κ1) is 13.2. The first-order valence-electron chi connectivity index (χ1n) is 6.94. The van der Waals surface area contributed by atoms with Crippen molar-refractivity contribution < 1.29 is 9.05 Å². The van der Waals surface area contributed by atoms with Crippen LogP contribution in [0, 0.1) is 0 Å². The van der Waals surface area contributed by atoms with Crippen molar-refractivity contribution in [3.63, 3.8) is 0 Å². The van der Waals surface area contributed by atoms with Crippen molar-refractivity contribution >= 4 is 11.5 Å². The molecule has 23 heavy (non-hydrogen) atoms. The molecule has 0 aliphatic heterocycles. The molecule has 4 rings (SSSR count). The van der Waals surface area contributed by atoms with Crippen LogP contribution in [0.4, 0.5) is 11.5 Å². The summed E-state index contributed by atoms with van der Waals surface area (Å²) in [7, 11) is 0. The third-order valence-corrected chi connectivity index (χ3v) is 3.17. The zero-order valence-electron chi connectivity index (χ0n) is 11.9. The molecule has 0 saturated heterocycles. The van der Waals surface area contributed by atoms with Gasteiger partial charge in [-0.3, -0.25) is 0 Å². The summed E-state index contributed by atoms with van der Waals surface area (Å²) in [5.41, 5.74) is 2.05. The van der Waals surface area contributed by atoms with E-state index in [4.69, 9.17) is 9.05 Å². The van der Waals surface area contributed by atoms with Gasteiger partial charge in [-0.05, 0) is 34.6 Å². The van der Waals surface area contributed by atoms with Gasteiger partial charge in [-0.25, -0.2) is 4.63 Å². The highest BCUT2D eigenvalue weighted by molar-refractivity contribution is 5.69. The summed E-state index contributed by atoms with van der Waals surface area (Å²) < 4.78 is 10.5. The summed E-state index contributed by atoms with van der Waals surface area (Å²) in [6, 6.07) is 19.1. The van der Waals surface area contributed by atoms with E-state index in [0.717, 1.165) is 11.3 Å². The van der Waals surface area contributed by atoms with E-state index in [1.165, 1.54) is 0 Å². The van der Waals surface area contributed by atoms with E-state index < -0.39 is 0 Å². The zero-order valence-corrected chi connectivity index (χ0v) is 11.9. The van der Waals surface area contributed by atoms with Gasteiger partial charge in [0.2, 0.25) is 17.4 Å². The topological polar surface area (TPSA) is 89.9 Å². The first-order valence-corrected chi connectivity index (χ1v) is 6.94. The lowest BCUT2D eigenvalue weighted by molar-refractivity contribution is 0.309. The summed E-state index contributed by atoms with van der Waals surface area (Å²) in [6.45, 7) is 0. The SMILES string of the molecule is c1ccc(Nc2nonc2-c2nnc(-c3ccccc3)o2)cc1. The van der Waals surface area contributed by atoms with Crippen LogP contribution in [0.1, 0.15) is 0 Å². The zero-order chi connectivity index (χ0) is 15.5. The van der Waals surface area contributed by atoms with Crippen molar-refractivity contribution in [2.45, 2.75) is 0 Å². The Hall–Kier alpha value is -3.48. The normalized spacial score (nSPS) is 10.6. The molecule has 7 heteroatoms. The van der Waals surface area contributed by atoms with Crippen molar-refractivity contribution in [3.05, 3.63) is 60.7 Å². The predicted octanol–water partition coefficient (Wildman–Crippen LogP) is 3.53. The van der Waals surface area contributed by atoms with E-state index in [2.05, 4.69) is 25.8 Å². The van der Waals surface area contributed by atoms with Gasteiger partial charge in [-0.2, -0.15) is 0 Å². The molecule has 0 saturated carbocycles. The Morgan fingerprint density at radius 2 is 1.43 bits per heavy atom. The van der Waals surface area contributed by atoms with Crippen LogP contribution in [0.5, 0.6) is 0 Å². The molecule has 0 fully saturated rings. The van der Waals surface area contributed by atoms with E-state index in [1.54, 1.807) is 0 Å². The molecule has 1 N–H and O–H groups in total. The Bertz CT molecular complexity index is 902. The maximum absolute atomic E-state index is 5.67. The average Bonchev–Trinajstić information content (AvgIpc) is 3.25. The van der Waals surface area contributed by atoms with E-state index in [9.17, 15) is 0 Å². The maximum Gasteiger partial charge on any atom is 0.274 e. The summed E-state index contributed by atoms with van der Waals surface area (Å²) in [6.07, 6.45) is 0. The van der Waals surface area contributed by atoms with Crippen molar-refractivity contribution in [1.29, 1.82) is 0 Å². The van der Waals surface area contributed by atoms with E-state index in [0.29, 0.717) is 17.4 Å². The number of hydrogen-bond donors (Lipinski definition) is 1. The molecule has 0 amide bonds. The molecule has 7 nitrogen and oxygen atoms in total. The van der Waals surface area contributed by atoms with Gasteiger partial charge in [0, 0.05) is 11.3 Å². The Kier molecular flexibility index (Phi) is 3.28. The van der Waals surface area contributed by atoms with Crippen LogP contribution in [0.2, 0.25) is 0 Å². The molecule has 0 aliphatic carbocycles. The van der Waals surface area contributed by atoms with Gasteiger partial charge in [0.05, 0.1) is 0 Å². The molecule has 0 radical (unpaired) electrons. The minimum absolute atomic E-state index is 0.239. The number of rotatable bonds is 4. The van der Waals surface area contributed by atoms with Crippen molar-refractivity contribution in [2.75, 3.05) is 5.32 Å². The molecule has 0 unspecified atom stereocenters. The molecule has 112 valence electrons. The number of aromatic nitrogens is 4. The van der Waals surface area contributed by atoms with Gasteiger partial charge in [-0.1, -0.05) is 36.4 Å². The Balaban J connectivity index is 1.65. The molecular formula is C16H11N5O2. The summed E-state index contributed by atoms with van der Waals surface area (Å²) in [5.74, 6) is 1.07. The number of hydrogen-bond acceptors (Lipinski definition) is 7. The monoisotopic (exact) mass is 305 g/mol. The molecular weight excluding hydrogens is 294 g/mol. The molecule has 2 heterocycles. The van der Waals surface area contributed by atoms with E-state index in [1.807, 2.05) is 60.7 Å². The fraction of sp³-hybridized carbons (Fsp3) is 0. The first-order chi connectivity index (χ1) is 11.4. The fourth-order valence-electron chi connectivity index (χ4n) is 2.09. The molecule has 2 aromatic carbocycles. The third kappa shape index (κ3) is 2.67. The van der Waals surface area contributed by atoms with Crippen LogP contribution in [0.3, 0.4) is 0 Å². The van der Waals surface area contributed by atoms with Gasteiger partial charge in [0.25, 0.3) is 5.89 Å². The molecule has 0 spiro atoms. The number of benzene rings is 2. The van der Waals surface area contributed by atoms with Gasteiger partial charge < -0.3 is 9.73 Å². The largest absolute Gasteiger partial charge is 0.414 e. The second-order valence-corrected chi connectivity index (χ2v) is 4.73. The second kappa shape index (κ2) is 5.72. The van der Waals surface area contributed by atoms with E-state index >= 15 is 0 Å². The smallest absolute Gasteiger partial charge is 0.274 e. The Morgan fingerprint density at radius 1 is 0.739 bits per heavy atom. The van der Waals surface area contributed by atoms with Crippen molar-refractivity contribution in [1.82, 2.24) is 20.5 Å². The van der Waals surface area contributed by atoms with Crippen LogP contribution < -0.4 is 5.32 Å². The number of nitrogens with one attached hydrogen (secondary N) is 1. The molecule has 0 bridgehead atoms. The highest BCUT2D eigenvalue weighted by Crippen LogP contribution is 2.28. The Labute approximate surface area is 130 Å². The van der Waals surface area contributed by atoms with Crippen LogP contribution in [0.25, 0.3) is 23.0 Å². The van der Waals surface area contributed by atoms with Gasteiger partial charge in [0.1, 0.15) is 0 Å². The minimum atomic E-state index is 0.239. The quantitative estimate of drug-likeness (QED) is 0.616. The summed E-state index contributed by atoms with van der Waals surface area (Å²) in [4.78, 5) is 0. The third-order valence-electron chi connectivity index (χ3n) is 3.17. The predicted molar refractivity (Wildman–Crippen MR) is 82.8 cm³/mol. The number of nitrogens with zero attached hydrogens (tertiary/aromatic N) is 4. The molecule has 0 aliphatic rings. The van der Waals surface area contributed by atoms with Crippen molar-refractivity contribution in [2.24, 2.45) is 0 Å². The lowest BCUT2D eigenvalue weighted by Crippen LogP contribution is -1.92. The van der Waals surface area contributed by atoms with Gasteiger partial charge in [0.15, 0.2) is 0 Å². The lowest BCUT2D eigenvalue weighted by atomic mass is 10.2. The number of anilines is 2. The van der Waals surface area contributed by atoms with Gasteiger partial charge in [-0.15, -0.1) is 10.2 Å². The molecule has 2 aromatic heterocycles. The fourth-order valence-corrected chi connectivity index (χ4v) is 2.09. The summed E-state index contributed by atoms with van der Waals surface area (Å²) >= 11 is 0. The Morgan fingerprint density at radius 3 is 2.22 bits per heavy atom. The molecule has 0 atom stereocenters. The van der Waals surface area contributed by atoms with Crippen LogP contribution in [-0.4, -0.2) is 20.5 Å². The highest BCUT2D eigenvalue weighted by Gasteiger charge is 2.19. The van der Waals surface area contributed by atoms with E-state index in [-0.39, 0.29) is 5.89 Å². The van der Waals surface area contributed by atoms with Gasteiger partial charge >= 0.3 is 0 Å². The average molecular weight is 305 g/mol. The second-order valence-electron chi connectivity index (χ2n) is 4.73. The number of para-hydroxylation sites is 1. The maximum atomic E-state index is 5.67. The minimum Gasteiger partial charge on any atom is -0.414 e. The van der Waals surface area contributed by atoms with Crippen LogP contribution in [0.15, 0.2) is 69.7 Å². The summed E-state index contributed by atoms with van der Waals surface area (Å²) in [5, 5.41) is 18.8. The van der Waals surface area contributed by atoms with Crippen molar-refractivity contribution in [3.8, 4) is 23.0 Å². The molecule has 4 aromatic rings. The lowest BCUT2D eigenvalue weighted by Gasteiger charge is -2.01.